The van der Waals surface area contributed by atoms with E-state index in [1.807, 2.05) is 6.20 Å². The highest BCUT2D eigenvalue weighted by Gasteiger charge is 2.16. The van der Waals surface area contributed by atoms with Crippen LogP contribution in [0.15, 0.2) is 24.4 Å². The van der Waals surface area contributed by atoms with Crippen LogP contribution in [0.3, 0.4) is 0 Å². The fourth-order valence-corrected chi connectivity index (χ4v) is 3.32. The van der Waals surface area contributed by atoms with Gasteiger partial charge in [-0.1, -0.05) is 31.3 Å². The summed E-state index contributed by atoms with van der Waals surface area (Å²) in [7, 11) is 2.16. The van der Waals surface area contributed by atoms with Crippen molar-refractivity contribution in [3.8, 4) is 10.4 Å². The number of hydrogen-bond donors (Lipinski definition) is 1. The number of thiazole rings is 1. The Morgan fingerprint density at radius 1 is 1.40 bits per heavy atom. The molecule has 0 amide bonds. The van der Waals surface area contributed by atoms with Crippen LogP contribution in [-0.2, 0) is 6.42 Å². The Hall–Kier alpha value is -1.55. The molecule has 20 heavy (non-hydrogen) atoms. The smallest absolute Gasteiger partial charge is 0.183 e. The van der Waals surface area contributed by atoms with Crippen LogP contribution in [-0.4, -0.2) is 25.1 Å². The molecule has 0 radical (unpaired) electrons. The number of nitrogens with zero attached hydrogens (tertiary/aromatic N) is 2. The first-order valence-electron chi connectivity index (χ1n) is 7.17. The number of hydrogen-bond acceptors (Lipinski definition) is 4. The monoisotopic (exact) mass is 287 g/mol. The van der Waals surface area contributed by atoms with Crippen molar-refractivity contribution in [1.82, 2.24) is 4.98 Å². The maximum atomic E-state index is 4.47. The van der Waals surface area contributed by atoms with Crippen LogP contribution >= 0.6 is 11.3 Å². The Kier molecular flexibility index (Phi) is 3.66. The van der Waals surface area contributed by atoms with E-state index in [4.69, 9.17) is 0 Å². The Morgan fingerprint density at radius 3 is 3.05 bits per heavy atom. The SMILES string of the molecule is CC(C)CNc1ncc(-c2ccc3c(c2)CCN3C)s1. The van der Waals surface area contributed by atoms with Crippen molar-refractivity contribution in [2.24, 2.45) is 5.92 Å². The quantitative estimate of drug-likeness (QED) is 0.925. The number of aromatic nitrogens is 1. The van der Waals surface area contributed by atoms with Crippen LogP contribution in [0.4, 0.5) is 10.8 Å². The fourth-order valence-electron chi connectivity index (χ4n) is 2.50. The van der Waals surface area contributed by atoms with E-state index >= 15 is 0 Å². The lowest BCUT2D eigenvalue weighted by Gasteiger charge is -2.11. The Morgan fingerprint density at radius 2 is 2.25 bits per heavy atom. The molecule has 0 fully saturated rings. The summed E-state index contributed by atoms with van der Waals surface area (Å²) < 4.78 is 0. The van der Waals surface area contributed by atoms with Crippen LogP contribution < -0.4 is 10.2 Å². The number of nitrogens with one attached hydrogen (secondary N) is 1. The molecule has 1 aromatic carbocycles. The topological polar surface area (TPSA) is 28.2 Å². The molecule has 1 N–H and O–H groups in total. The average Bonchev–Trinajstić information content (AvgIpc) is 3.04. The first-order valence-corrected chi connectivity index (χ1v) is 7.99. The lowest BCUT2D eigenvalue weighted by molar-refractivity contribution is 0.688. The van der Waals surface area contributed by atoms with Gasteiger partial charge < -0.3 is 10.2 Å². The van der Waals surface area contributed by atoms with Crippen molar-refractivity contribution >= 4 is 22.2 Å². The summed E-state index contributed by atoms with van der Waals surface area (Å²) >= 11 is 1.74. The molecule has 1 aliphatic heterocycles. The number of benzene rings is 1. The van der Waals surface area contributed by atoms with Gasteiger partial charge in [0.05, 0.1) is 4.88 Å². The van der Waals surface area contributed by atoms with E-state index in [-0.39, 0.29) is 0 Å². The summed E-state index contributed by atoms with van der Waals surface area (Å²) in [5.74, 6) is 0.637. The summed E-state index contributed by atoms with van der Waals surface area (Å²) in [6.07, 6.45) is 3.13. The van der Waals surface area contributed by atoms with Crippen LogP contribution in [0.2, 0.25) is 0 Å². The first-order chi connectivity index (χ1) is 9.63. The van der Waals surface area contributed by atoms with E-state index < -0.39 is 0 Å². The Labute approximate surface area is 124 Å². The van der Waals surface area contributed by atoms with Gasteiger partial charge in [0.15, 0.2) is 5.13 Å². The van der Waals surface area contributed by atoms with Gasteiger partial charge in [0, 0.05) is 32.0 Å². The van der Waals surface area contributed by atoms with Crippen LogP contribution in [0.25, 0.3) is 10.4 Å². The third kappa shape index (κ3) is 2.66. The highest BCUT2D eigenvalue weighted by Crippen LogP contribution is 2.34. The van der Waals surface area contributed by atoms with Crippen molar-refractivity contribution in [2.45, 2.75) is 20.3 Å². The van der Waals surface area contributed by atoms with Gasteiger partial charge in [-0.15, -0.1) is 0 Å². The molecular formula is C16H21N3S. The van der Waals surface area contributed by atoms with Gasteiger partial charge in [-0.3, -0.25) is 0 Å². The lowest BCUT2D eigenvalue weighted by Crippen LogP contribution is -2.12. The van der Waals surface area contributed by atoms with Gasteiger partial charge in [0.1, 0.15) is 0 Å². The second-order valence-corrected chi connectivity index (χ2v) is 6.85. The van der Waals surface area contributed by atoms with Crippen molar-refractivity contribution in [3.63, 3.8) is 0 Å². The number of likely N-dealkylation sites (N-methyl/N-ethyl adjacent to an activating group) is 1. The summed E-state index contributed by atoms with van der Waals surface area (Å²) in [5.41, 5.74) is 4.11. The first kappa shape index (κ1) is 13.4. The molecule has 3 nitrogen and oxygen atoms in total. The maximum absolute atomic E-state index is 4.47. The molecule has 0 bridgehead atoms. The highest BCUT2D eigenvalue weighted by molar-refractivity contribution is 7.18. The molecule has 2 aromatic rings. The third-order valence-corrected chi connectivity index (χ3v) is 4.66. The average molecular weight is 287 g/mol. The fraction of sp³-hybridized carbons (Fsp3) is 0.438. The molecule has 0 atom stereocenters. The summed E-state index contributed by atoms with van der Waals surface area (Å²) in [6.45, 7) is 6.52. The zero-order chi connectivity index (χ0) is 14.1. The van der Waals surface area contributed by atoms with Crippen molar-refractivity contribution in [2.75, 3.05) is 30.4 Å². The standard InChI is InChI=1S/C16H21N3S/c1-11(2)9-17-16-18-10-15(20-16)13-4-5-14-12(8-13)6-7-19(14)3/h4-5,8,10-11H,6-7,9H2,1-3H3,(H,17,18). The Balaban J connectivity index is 1.80. The lowest BCUT2D eigenvalue weighted by atomic mass is 10.1. The van der Waals surface area contributed by atoms with Crippen molar-refractivity contribution in [1.29, 1.82) is 0 Å². The molecule has 1 aliphatic rings. The van der Waals surface area contributed by atoms with Crippen molar-refractivity contribution in [3.05, 3.63) is 30.0 Å². The van der Waals surface area contributed by atoms with Gasteiger partial charge in [-0.2, -0.15) is 0 Å². The van der Waals surface area contributed by atoms with Crippen LogP contribution in [0, 0.1) is 5.92 Å². The molecule has 0 saturated heterocycles. The third-order valence-electron chi connectivity index (χ3n) is 3.66. The number of rotatable bonds is 4. The van der Waals surface area contributed by atoms with E-state index in [1.54, 1.807) is 11.3 Å². The zero-order valence-electron chi connectivity index (χ0n) is 12.3. The van der Waals surface area contributed by atoms with Crippen LogP contribution in [0.1, 0.15) is 19.4 Å². The normalized spacial score (nSPS) is 13.9. The Bertz CT molecular complexity index is 604. The second-order valence-electron chi connectivity index (χ2n) is 5.82. The molecule has 0 aliphatic carbocycles. The zero-order valence-corrected chi connectivity index (χ0v) is 13.1. The maximum Gasteiger partial charge on any atom is 0.183 e. The summed E-state index contributed by atoms with van der Waals surface area (Å²) in [6, 6.07) is 6.76. The van der Waals surface area contributed by atoms with E-state index in [0.717, 1.165) is 24.6 Å². The second kappa shape index (κ2) is 5.44. The molecule has 1 aromatic heterocycles. The molecule has 0 saturated carbocycles. The molecule has 0 unspecified atom stereocenters. The summed E-state index contributed by atoms with van der Waals surface area (Å²) in [5, 5.41) is 4.41. The van der Waals surface area contributed by atoms with E-state index in [0.29, 0.717) is 5.92 Å². The molecule has 3 rings (SSSR count). The van der Waals surface area contributed by atoms with Crippen molar-refractivity contribution < 1.29 is 0 Å². The van der Waals surface area contributed by atoms with Gasteiger partial charge in [-0.25, -0.2) is 4.98 Å². The predicted octanol–water partition coefficient (Wildman–Crippen LogP) is 3.87. The molecule has 2 heterocycles. The van der Waals surface area contributed by atoms with Gasteiger partial charge in [-0.05, 0) is 35.6 Å². The van der Waals surface area contributed by atoms with E-state index in [2.05, 4.69) is 54.3 Å². The van der Waals surface area contributed by atoms with Crippen LogP contribution in [0.5, 0.6) is 0 Å². The number of fused-ring (bicyclic) bond motifs is 1. The molecule has 4 heteroatoms. The minimum atomic E-state index is 0.637. The highest BCUT2D eigenvalue weighted by atomic mass is 32.1. The molecule has 106 valence electrons. The number of anilines is 2. The largest absolute Gasteiger partial charge is 0.374 e. The minimum absolute atomic E-state index is 0.637. The van der Waals surface area contributed by atoms with Gasteiger partial charge in [0.2, 0.25) is 0 Å². The van der Waals surface area contributed by atoms with E-state index in [1.165, 1.54) is 21.7 Å². The van der Waals surface area contributed by atoms with Gasteiger partial charge >= 0.3 is 0 Å². The summed E-state index contributed by atoms with van der Waals surface area (Å²) in [4.78, 5) is 8.03. The molecular weight excluding hydrogens is 266 g/mol. The molecule has 0 spiro atoms. The van der Waals surface area contributed by atoms with Gasteiger partial charge in [0.25, 0.3) is 0 Å². The van der Waals surface area contributed by atoms with E-state index in [9.17, 15) is 0 Å². The predicted molar refractivity (Wildman–Crippen MR) is 87.9 cm³/mol. The minimum Gasteiger partial charge on any atom is -0.374 e.